The molecule has 0 aliphatic carbocycles. The second kappa shape index (κ2) is 4.94. The van der Waals surface area contributed by atoms with Crippen LogP contribution in [0.25, 0.3) is 11.0 Å². The van der Waals surface area contributed by atoms with Crippen LogP contribution in [-0.4, -0.2) is 49.1 Å². The van der Waals surface area contributed by atoms with Crippen LogP contribution in [0.15, 0.2) is 30.6 Å². The molecule has 4 rings (SSSR count). The third kappa shape index (κ3) is 2.14. The van der Waals surface area contributed by atoms with Gasteiger partial charge in [0.2, 0.25) is 0 Å². The molecule has 1 atom stereocenters. The van der Waals surface area contributed by atoms with Crippen LogP contribution in [0.1, 0.15) is 28.4 Å². The van der Waals surface area contributed by atoms with Gasteiger partial charge in [-0.15, -0.1) is 0 Å². The Hall–Kier alpha value is -2.70. The van der Waals surface area contributed by atoms with Gasteiger partial charge < -0.3 is 4.90 Å². The van der Waals surface area contributed by atoms with Crippen molar-refractivity contribution in [2.45, 2.75) is 19.4 Å². The average Bonchev–Trinajstić information content (AvgIpc) is 3.25. The van der Waals surface area contributed by atoms with Gasteiger partial charge in [0, 0.05) is 24.8 Å². The molecule has 7 heteroatoms. The maximum Gasteiger partial charge on any atom is 0.254 e. The lowest BCUT2D eigenvalue weighted by molar-refractivity contribution is 0.0787. The molecule has 1 saturated heterocycles. The number of nitrogens with one attached hydrogen (secondary N) is 1. The number of nitrogens with zero attached hydrogens (tertiary/aromatic N) is 5. The van der Waals surface area contributed by atoms with Crippen molar-refractivity contribution in [3.63, 3.8) is 0 Å². The molecule has 0 saturated carbocycles. The summed E-state index contributed by atoms with van der Waals surface area (Å²) in [5, 5.41) is 15.0. The first-order valence-corrected chi connectivity index (χ1v) is 7.31. The summed E-state index contributed by atoms with van der Waals surface area (Å²) in [6.07, 6.45) is 4.81. The summed E-state index contributed by atoms with van der Waals surface area (Å²) in [7, 11) is 0. The van der Waals surface area contributed by atoms with Gasteiger partial charge in [-0.05, 0) is 37.1 Å². The second-order valence-corrected chi connectivity index (χ2v) is 5.72. The fourth-order valence-corrected chi connectivity index (χ4v) is 2.93. The van der Waals surface area contributed by atoms with Crippen molar-refractivity contribution in [1.82, 2.24) is 30.1 Å². The fraction of sp³-hybridized carbons (Fsp3) is 0.333. The highest BCUT2D eigenvalue weighted by atomic mass is 16.2. The molecule has 0 radical (unpaired) electrons. The SMILES string of the molecule is Cc1cnn(C2CCN(C(=O)c3ccc4n[nH]nc4c3)C2)c1. The number of aromatic nitrogens is 5. The molecule has 0 bridgehead atoms. The van der Waals surface area contributed by atoms with E-state index in [0.29, 0.717) is 17.6 Å². The van der Waals surface area contributed by atoms with E-state index in [1.165, 1.54) is 0 Å². The summed E-state index contributed by atoms with van der Waals surface area (Å²) in [5.41, 5.74) is 3.27. The zero-order chi connectivity index (χ0) is 15.1. The van der Waals surface area contributed by atoms with E-state index in [9.17, 15) is 4.79 Å². The highest BCUT2D eigenvalue weighted by molar-refractivity contribution is 5.97. The van der Waals surface area contributed by atoms with E-state index in [-0.39, 0.29) is 11.9 Å². The van der Waals surface area contributed by atoms with Crippen molar-refractivity contribution in [3.8, 4) is 0 Å². The number of carbonyl (C=O) groups is 1. The molecular weight excluding hydrogens is 280 g/mol. The first-order valence-electron chi connectivity index (χ1n) is 7.31. The quantitative estimate of drug-likeness (QED) is 0.778. The van der Waals surface area contributed by atoms with Gasteiger partial charge >= 0.3 is 0 Å². The van der Waals surface area contributed by atoms with Crippen LogP contribution in [0.3, 0.4) is 0 Å². The summed E-state index contributed by atoms with van der Waals surface area (Å²) in [6.45, 7) is 3.46. The lowest BCUT2D eigenvalue weighted by Gasteiger charge is -2.16. The Balaban J connectivity index is 1.53. The Bertz CT molecular complexity index is 835. The number of benzene rings is 1. The molecule has 1 aromatic carbocycles. The molecule has 7 nitrogen and oxygen atoms in total. The fourth-order valence-electron chi connectivity index (χ4n) is 2.93. The Kier molecular flexibility index (Phi) is 2.92. The zero-order valence-electron chi connectivity index (χ0n) is 12.2. The Morgan fingerprint density at radius 3 is 3.00 bits per heavy atom. The predicted molar refractivity (Wildman–Crippen MR) is 80.4 cm³/mol. The first-order chi connectivity index (χ1) is 10.7. The summed E-state index contributed by atoms with van der Waals surface area (Å²) >= 11 is 0. The molecule has 1 fully saturated rings. The van der Waals surface area contributed by atoms with Gasteiger partial charge in [0.25, 0.3) is 5.91 Å². The molecule has 3 aromatic rings. The van der Waals surface area contributed by atoms with Crippen LogP contribution in [-0.2, 0) is 0 Å². The third-order valence-corrected chi connectivity index (χ3v) is 4.12. The molecular formula is C15H16N6O. The number of likely N-dealkylation sites (tertiary alicyclic amines) is 1. The van der Waals surface area contributed by atoms with Gasteiger partial charge in [0.1, 0.15) is 11.0 Å². The predicted octanol–water partition coefficient (Wildman–Crippen LogP) is 1.55. The number of aryl methyl sites for hydroxylation is 1. The lowest BCUT2D eigenvalue weighted by Crippen LogP contribution is -2.29. The van der Waals surface area contributed by atoms with Crippen LogP contribution in [0.5, 0.6) is 0 Å². The van der Waals surface area contributed by atoms with Gasteiger partial charge in [-0.3, -0.25) is 9.48 Å². The maximum atomic E-state index is 12.6. The molecule has 1 N–H and O–H groups in total. The summed E-state index contributed by atoms with van der Waals surface area (Å²) in [6, 6.07) is 5.66. The largest absolute Gasteiger partial charge is 0.336 e. The zero-order valence-corrected chi connectivity index (χ0v) is 12.2. The Labute approximate surface area is 126 Å². The molecule has 0 spiro atoms. The number of aromatic amines is 1. The van der Waals surface area contributed by atoms with Gasteiger partial charge in [-0.25, -0.2) is 0 Å². The minimum Gasteiger partial charge on any atom is -0.336 e. The Morgan fingerprint density at radius 2 is 2.18 bits per heavy atom. The van der Waals surface area contributed by atoms with E-state index in [1.807, 2.05) is 35.0 Å². The third-order valence-electron chi connectivity index (χ3n) is 4.12. The van der Waals surface area contributed by atoms with Gasteiger partial charge in [0.05, 0.1) is 12.2 Å². The molecule has 1 unspecified atom stereocenters. The van der Waals surface area contributed by atoms with Crippen LogP contribution in [0.4, 0.5) is 0 Å². The van der Waals surface area contributed by atoms with Crippen molar-refractivity contribution < 1.29 is 4.79 Å². The van der Waals surface area contributed by atoms with Gasteiger partial charge in [-0.1, -0.05) is 0 Å². The van der Waals surface area contributed by atoms with E-state index in [0.717, 1.165) is 24.0 Å². The molecule has 2 aromatic heterocycles. The van der Waals surface area contributed by atoms with Crippen LogP contribution in [0.2, 0.25) is 0 Å². The maximum absolute atomic E-state index is 12.6. The highest BCUT2D eigenvalue weighted by Crippen LogP contribution is 2.23. The molecule has 1 aliphatic rings. The number of rotatable bonds is 2. The standard InChI is InChI=1S/C15H16N6O/c1-10-7-16-21(8-10)12-4-5-20(9-12)15(22)11-2-3-13-14(6-11)18-19-17-13/h2-3,6-8,12H,4-5,9H2,1H3,(H,17,18,19). The van der Waals surface area contributed by atoms with E-state index < -0.39 is 0 Å². The average molecular weight is 296 g/mol. The van der Waals surface area contributed by atoms with Crippen LogP contribution >= 0.6 is 0 Å². The molecule has 3 heterocycles. The highest BCUT2D eigenvalue weighted by Gasteiger charge is 2.28. The van der Waals surface area contributed by atoms with E-state index in [1.54, 1.807) is 12.1 Å². The minimum atomic E-state index is 0.0382. The molecule has 1 aliphatic heterocycles. The van der Waals surface area contributed by atoms with E-state index >= 15 is 0 Å². The Morgan fingerprint density at radius 1 is 1.32 bits per heavy atom. The monoisotopic (exact) mass is 296 g/mol. The molecule has 22 heavy (non-hydrogen) atoms. The minimum absolute atomic E-state index is 0.0382. The first kappa shape index (κ1) is 13.0. The van der Waals surface area contributed by atoms with Crippen molar-refractivity contribution in [2.24, 2.45) is 0 Å². The summed E-state index contributed by atoms with van der Waals surface area (Å²) in [4.78, 5) is 14.5. The van der Waals surface area contributed by atoms with Crippen molar-refractivity contribution in [3.05, 3.63) is 41.7 Å². The molecule has 112 valence electrons. The van der Waals surface area contributed by atoms with Gasteiger partial charge in [0.15, 0.2) is 0 Å². The smallest absolute Gasteiger partial charge is 0.254 e. The number of carbonyl (C=O) groups excluding carboxylic acids is 1. The normalized spacial score (nSPS) is 18.2. The van der Waals surface area contributed by atoms with Crippen LogP contribution in [0, 0.1) is 6.92 Å². The summed E-state index contributed by atoms with van der Waals surface area (Å²) in [5.74, 6) is 0.0382. The number of amides is 1. The van der Waals surface area contributed by atoms with Crippen LogP contribution < -0.4 is 0 Å². The van der Waals surface area contributed by atoms with Crippen molar-refractivity contribution >= 4 is 16.9 Å². The van der Waals surface area contributed by atoms with Crippen molar-refractivity contribution in [2.75, 3.05) is 13.1 Å². The number of fused-ring (bicyclic) bond motifs is 1. The van der Waals surface area contributed by atoms with Crippen molar-refractivity contribution in [1.29, 1.82) is 0 Å². The second-order valence-electron chi connectivity index (χ2n) is 5.72. The number of hydrogen-bond donors (Lipinski definition) is 1. The number of H-pyrrole nitrogens is 1. The van der Waals surface area contributed by atoms with Gasteiger partial charge in [-0.2, -0.15) is 20.5 Å². The lowest BCUT2D eigenvalue weighted by atomic mass is 10.2. The topological polar surface area (TPSA) is 79.7 Å². The van der Waals surface area contributed by atoms with E-state index in [4.69, 9.17) is 0 Å². The summed E-state index contributed by atoms with van der Waals surface area (Å²) < 4.78 is 1.96. The molecule has 1 amide bonds. The van der Waals surface area contributed by atoms with E-state index in [2.05, 4.69) is 20.5 Å². The number of hydrogen-bond acceptors (Lipinski definition) is 4.